The molecule has 114 valence electrons. The average Bonchev–Trinajstić information content (AvgIpc) is 3.02. The normalized spacial score (nSPS) is 22.9. The van der Waals surface area contributed by atoms with Gasteiger partial charge < -0.3 is 15.2 Å². The molecule has 1 saturated heterocycles. The van der Waals surface area contributed by atoms with E-state index in [2.05, 4.69) is 15.4 Å². The summed E-state index contributed by atoms with van der Waals surface area (Å²) in [6.07, 6.45) is -1.36. The molecule has 1 aliphatic rings. The highest BCUT2D eigenvalue weighted by atomic mass is 19.4. The van der Waals surface area contributed by atoms with Crippen molar-refractivity contribution >= 4 is 11.3 Å². The Hall–Kier alpha value is -1.87. The molecule has 3 rings (SSSR count). The summed E-state index contributed by atoms with van der Waals surface area (Å²) < 4.78 is 44.2. The Morgan fingerprint density at radius 1 is 1.48 bits per heavy atom. The number of aliphatic hydroxyl groups is 1. The van der Waals surface area contributed by atoms with Gasteiger partial charge in [-0.05, 0) is 0 Å². The Balaban J connectivity index is 1.86. The largest absolute Gasteiger partial charge is 0.435 e. The standard InChI is InChI=1S/C12H13F3N4O2/c13-12(14,15)9-5-8-10(16-2-3-19(8)18-9)17-6-11(20)1-4-21-7-11/h2-3,5,20H,1,4,6-7H2,(H,16,17). The van der Waals surface area contributed by atoms with Crippen LogP contribution >= 0.6 is 0 Å². The predicted octanol–water partition coefficient (Wildman–Crippen LogP) is 1.31. The molecule has 0 bridgehead atoms. The minimum absolute atomic E-state index is 0.145. The van der Waals surface area contributed by atoms with Crippen molar-refractivity contribution in [2.75, 3.05) is 25.1 Å². The molecule has 0 aliphatic carbocycles. The van der Waals surface area contributed by atoms with Crippen molar-refractivity contribution in [2.24, 2.45) is 0 Å². The summed E-state index contributed by atoms with van der Waals surface area (Å²) in [4.78, 5) is 4.00. The highest BCUT2D eigenvalue weighted by Gasteiger charge is 2.35. The Bertz CT molecular complexity index is 649. The first-order valence-electron chi connectivity index (χ1n) is 6.33. The van der Waals surface area contributed by atoms with Crippen LogP contribution in [-0.4, -0.2) is 45.1 Å². The van der Waals surface area contributed by atoms with Crippen molar-refractivity contribution in [3.05, 3.63) is 24.2 Å². The maximum atomic E-state index is 12.7. The number of nitrogens with one attached hydrogen (secondary N) is 1. The molecule has 21 heavy (non-hydrogen) atoms. The van der Waals surface area contributed by atoms with Crippen LogP contribution < -0.4 is 5.32 Å². The second-order valence-corrected chi connectivity index (χ2v) is 5.01. The zero-order valence-electron chi connectivity index (χ0n) is 10.9. The van der Waals surface area contributed by atoms with E-state index >= 15 is 0 Å². The molecule has 0 amide bonds. The third-order valence-corrected chi connectivity index (χ3v) is 3.35. The molecule has 3 heterocycles. The van der Waals surface area contributed by atoms with E-state index in [0.29, 0.717) is 13.0 Å². The predicted molar refractivity (Wildman–Crippen MR) is 66.9 cm³/mol. The first kappa shape index (κ1) is 14.1. The van der Waals surface area contributed by atoms with E-state index in [1.54, 1.807) is 0 Å². The second-order valence-electron chi connectivity index (χ2n) is 5.01. The molecule has 0 saturated carbocycles. The highest BCUT2D eigenvalue weighted by Crippen LogP contribution is 2.30. The number of hydrogen-bond acceptors (Lipinski definition) is 5. The number of hydrogen-bond donors (Lipinski definition) is 2. The van der Waals surface area contributed by atoms with Crippen LogP contribution in [-0.2, 0) is 10.9 Å². The van der Waals surface area contributed by atoms with Gasteiger partial charge in [0, 0.05) is 38.0 Å². The van der Waals surface area contributed by atoms with Gasteiger partial charge in [0.2, 0.25) is 0 Å². The molecule has 0 aromatic carbocycles. The Morgan fingerprint density at radius 3 is 2.95 bits per heavy atom. The lowest BCUT2D eigenvalue weighted by molar-refractivity contribution is -0.141. The molecule has 0 spiro atoms. The van der Waals surface area contributed by atoms with Crippen molar-refractivity contribution in [2.45, 2.75) is 18.2 Å². The van der Waals surface area contributed by atoms with E-state index in [1.165, 1.54) is 12.4 Å². The summed E-state index contributed by atoms with van der Waals surface area (Å²) >= 11 is 0. The zero-order chi connectivity index (χ0) is 15.1. The number of ether oxygens (including phenoxy) is 1. The number of anilines is 1. The minimum Gasteiger partial charge on any atom is -0.386 e. The van der Waals surface area contributed by atoms with Crippen LogP contribution in [0.25, 0.3) is 5.52 Å². The van der Waals surface area contributed by atoms with Gasteiger partial charge >= 0.3 is 6.18 Å². The van der Waals surface area contributed by atoms with Gasteiger partial charge in [0.15, 0.2) is 11.5 Å². The first-order valence-corrected chi connectivity index (χ1v) is 6.33. The van der Waals surface area contributed by atoms with Crippen LogP contribution in [0.5, 0.6) is 0 Å². The van der Waals surface area contributed by atoms with Crippen molar-refractivity contribution in [1.29, 1.82) is 0 Å². The summed E-state index contributed by atoms with van der Waals surface area (Å²) in [5.41, 5.74) is -1.81. The first-order chi connectivity index (χ1) is 9.87. The van der Waals surface area contributed by atoms with Gasteiger partial charge in [0.25, 0.3) is 0 Å². The maximum Gasteiger partial charge on any atom is 0.435 e. The van der Waals surface area contributed by atoms with E-state index in [9.17, 15) is 18.3 Å². The molecule has 0 radical (unpaired) electrons. The molecule has 1 unspecified atom stereocenters. The lowest BCUT2D eigenvalue weighted by atomic mass is 10.0. The number of nitrogens with zero attached hydrogens (tertiary/aromatic N) is 3. The van der Waals surface area contributed by atoms with Gasteiger partial charge in [-0.25, -0.2) is 9.50 Å². The summed E-state index contributed by atoms with van der Waals surface area (Å²) in [7, 11) is 0. The van der Waals surface area contributed by atoms with Crippen LogP contribution in [0.2, 0.25) is 0 Å². The van der Waals surface area contributed by atoms with Crippen LogP contribution in [0.15, 0.2) is 18.5 Å². The molecule has 6 nitrogen and oxygen atoms in total. The fraction of sp³-hybridized carbons (Fsp3) is 0.500. The van der Waals surface area contributed by atoms with E-state index in [4.69, 9.17) is 4.74 Å². The second kappa shape index (κ2) is 4.85. The van der Waals surface area contributed by atoms with Gasteiger partial charge in [-0.3, -0.25) is 0 Å². The van der Waals surface area contributed by atoms with Crippen LogP contribution in [0.1, 0.15) is 12.1 Å². The number of alkyl halides is 3. The lowest BCUT2D eigenvalue weighted by Gasteiger charge is -2.21. The Kier molecular flexibility index (Phi) is 3.25. The topological polar surface area (TPSA) is 71.7 Å². The quantitative estimate of drug-likeness (QED) is 0.894. The third kappa shape index (κ3) is 2.79. The van der Waals surface area contributed by atoms with Gasteiger partial charge in [0.1, 0.15) is 11.1 Å². The summed E-state index contributed by atoms with van der Waals surface area (Å²) in [5, 5.41) is 16.5. The molecule has 2 N–H and O–H groups in total. The number of fused-ring (bicyclic) bond motifs is 1. The van der Waals surface area contributed by atoms with Crippen LogP contribution in [0.4, 0.5) is 19.0 Å². The smallest absolute Gasteiger partial charge is 0.386 e. The van der Waals surface area contributed by atoms with Crippen LogP contribution in [0, 0.1) is 0 Å². The van der Waals surface area contributed by atoms with Crippen molar-refractivity contribution in [3.8, 4) is 0 Å². The van der Waals surface area contributed by atoms with Crippen molar-refractivity contribution in [3.63, 3.8) is 0 Å². The Morgan fingerprint density at radius 2 is 2.29 bits per heavy atom. The molecular formula is C12H13F3N4O2. The van der Waals surface area contributed by atoms with E-state index < -0.39 is 17.5 Å². The number of halogens is 3. The van der Waals surface area contributed by atoms with Gasteiger partial charge in [-0.15, -0.1) is 0 Å². The summed E-state index contributed by atoms with van der Waals surface area (Å²) in [5.74, 6) is 0.237. The number of rotatable bonds is 3. The van der Waals surface area contributed by atoms with E-state index in [1.807, 2.05) is 0 Å². The molecule has 1 fully saturated rings. The van der Waals surface area contributed by atoms with Crippen LogP contribution in [0.3, 0.4) is 0 Å². The van der Waals surface area contributed by atoms with Gasteiger partial charge in [-0.1, -0.05) is 0 Å². The van der Waals surface area contributed by atoms with E-state index in [0.717, 1.165) is 10.6 Å². The maximum absolute atomic E-state index is 12.7. The van der Waals surface area contributed by atoms with Gasteiger partial charge in [0.05, 0.1) is 6.61 Å². The van der Waals surface area contributed by atoms with Gasteiger partial charge in [-0.2, -0.15) is 18.3 Å². The molecule has 9 heteroatoms. The molecule has 1 atom stereocenters. The highest BCUT2D eigenvalue weighted by molar-refractivity contribution is 5.68. The summed E-state index contributed by atoms with van der Waals surface area (Å²) in [6, 6.07) is 0.921. The average molecular weight is 302 g/mol. The fourth-order valence-electron chi connectivity index (χ4n) is 2.18. The zero-order valence-corrected chi connectivity index (χ0v) is 10.9. The molecule has 1 aliphatic heterocycles. The van der Waals surface area contributed by atoms with Crippen molar-refractivity contribution in [1.82, 2.24) is 14.6 Å². The fourth-order valence-corrected chi connectivity index (χ4v) is 2.18. The molecule has 2 aromatic rings. The lowest BCUT2D eigenvalue weighted by Crippen LogP contribution is -2.37. The molecule has 2 aromatic heterocycles. The number of aromatic nitrogens is 3. The van der Waals surface area contributed by atoms with Crippen molar-refractivity contribution < 1.29 is 23.0 Å². The monoisotopic (exact) mass is 302 g/mol. The SMILES string of the molecule is OC1(CNc2nccn3nc(C(F)(F)F)cc23)CCOC1. The Labute approximate surface area is 117 Å². The third-order valence-electron chi connectivity index (χ3n) is 3.35. The minimum atomic E-state index is -4.51. The summed E-state index contributed by atoms with van der Waals surface area (Å²) in [6.45, 7) is 0.795. The molecular weight excluding hydrogens is 289 g/mol. The van der Waals surface area contributed by atoms with E-state index in [-0.39, 0.29) is 24.5 Å².